The summed E-state index contributed by atoms with van der Waals surface area (Å²) >= 11 is 0. The molecule has 2 aliphatic carbocycles. The van der Waals surface area contributed by atoms with Crippen molar-refractivity contribution >= 4 is 0 Å². The molecule has 0 N–H and O–H groups in total. The third-order valence-corrected chi connectivity index (χ3v) is 8.85. The lowest BCUT2D eigenvalue weighted by molar-refractivity contribution is -0.224. The third kappa shape index (κ3) is 8.74. The van der Waals surface area contributed by atoms with Gasteiger partial charge in [-0.2, -0.15) is 22.0 Å². The van der Waals surface area contributed by atoms with E-state index in [0.29, 0.717) is 11.5 Å². The minimum Gasteiger partial charge on any atom is -0.429 e. The molecule has 2 aromatic rings. The molecule has 0 unspecified atom stereocenters. The number of alkyl halides is 5. The molecule has 4 rings (SSSR count). The van der Waals surface area contributed by atoms with Crippen LogP contribution in [0, 0.1) is 23.6 Å². The molecule has 0 heterocycles. The van der Waals surface area contributed by atoms with Crippen LogP contribution in [0.2, 0.25) is 0 Å². The molecule has 0 aliphatic heterocycles. The zero-order chi connectivity index (χ0) is 29.6. The molecule has 0 amide bonds. The minimum absolute atomic E-state index is 0.167. The van der Waals surface area contributed by atoms with Crippen molar-refractivity contribution < 1.29 is 35.5 Å². The standard InChI is InChI=1S/C33H39F7O/c1-2-3-4-5-22-6-8-23(9-7-22)24-10-12-25(13-11-24)27-16-19-31(29(34)20-27)41-33(39,40)28-17-14-26(15-18-28)30(35)21-32(36,37)38/h10-13,16,19-23,26,28H,2-9,14-15,17-18H2,1H3. The van der Waals surface area contributed by atoms with Crippen molar-refractivity contribution in [3.8, 4) is 16.9 Å². The van der Waals surface area contributed by atoms with Crippen molar-refractivity contribution in [2.75, 3.05) is 0 Å². The average Bonchev–Trinajstić information content (AvgIpc) is 2.94. The molecule has 0 bridgehead atoms. The SMILES string of the molecule is CCCCCC1CCC(c2ccc(-c3ccc(OC(F)(F)C4CCC(C(F)=CC(F)(F)F)CC4)c(F)c3)cc2)CC1. The van der Waals surface area contributed by atoms with Gasteiger partial charge in [0.2, 0.25) is 0 Å². The van der Waals surface area contributed by atoms with Gasteiger partial charge in [-0.3, -0.25) is 0 Å². The van der Waals surface area contributed by atoms with Crippen LogP contribution in [0.25, 0.3) is 11.1 Å². The number of hydrogen-bond donors (Lipinski definition) is 0. The summed E-state index contributed by atoms with van der Waals surface area (Å²) in [6.45, 7) is 2.23. The third-order valence-electron chi connectivity index (χ3n) is 8.85. The Kier molecular flexibility index (Phi) is 10.5. The second-order valence-electron chi connectivity index (χ2n) is 11.8. The molecule has 226 valence electrons. The van der Waals surface area contributed by atoms with Gasteiger partial charge in [0.15, 0.2) is 11.6 Å². The number of benzene rings is 2. The molecule has 0 spiro atoms. The van der Waals surface area contributed by atoms with Crippen molar-refractivity contribution in [3.63, 3.8) is 0 Å². The summed E-state index contributed by atoms with van der Waals surface area (Å²) in [6.07, 6.45) is 0.267. The lowest BCUT2D eigenvalue weighted by Gasteiger charge is -2.33. The molecule has 8 heteroatoms. The van der Waals surface area contributed by atoms with Gasteiger partial charge in [0, 0.05) is 5.92 Å². The van der Waals surface area contributed by atoms with Crippen LogP contribution in [-0.4, -0.2) is 12.3 Å². The molecule has 2 saturated carbocycles. The van der Waals surface area contributed by atoms with Crippen LogP contribution in [0.3, 0.4) is 0 Å². The Morgan fingerprint density at radius 3 is 2.05 bits per heavy atom. The number of rotatable bonds is 10. The van der Waals surface area contributed by atoms with Gasteiger partial charge < -0.3 is 4.74 Å². The molecular weight excluding hydrogens is 545 g/mol. The molecule has 0 radical (unpaired) electrons. The van der Waals surface area contributed by atoms with Crippen LogP contribution in [0.1, 0.15) is 95.5 Å². The van der Waals surface area contributed by atoms with Crippen LogP contribution in [-0.2, 0) is 0 Å². The van der Waals surface area contributed by atoms with E-state index >= 15 is 0 Å². The van der Waals surface area contributed by atoms with E-state index in [-0.39, 0.29) is 25.7 Å². The van der Waals surface area contributed by atoms with E-state index in [1.807, 2.05) is 12.1 Å². The Balaban J connectivity index is 1.32. The first-order valence-corrected chi connectivity index (χ1v) is 14.9. The summed E-state index contributed by atoms with van der Waals surface area (Å²) in [7, 11) is 0. The van der Waals surface area contributed by atoms with Gasteiger partial charge in [-0.15, -0.1) is 0 Å². The predicted molar refractivity (Wildman–Crippen MR) is 147 cm³/mol. The predicted octanol–water partition coefficient (Wildman–Crippen LogP) is 11.5. The number of ether oxygens (including phenoxy) is 1. The molecule has 0 atom stereocenters. The largest absolute Gasteiger partial charge is 0.429 e. The second-order valence-corrected chi connectivity index (χ2v) is 11.8. The first-order valence-electron chi connectivity index (χ1n) is 14.9. The van der Waals surface area contributed by atoms with Crippen LogP contribution in [0.4, 0.5) is 30.7 Å². The minimum atomic E-state index is -4.80. The topological polar surface area (TPSA) is 9.23 Å². The fraction of sp³-hybridized carbons (Fsp3) is 0.576. The van der Waals surface area contributed by atoms with E-state index in [9.17, 15) is 30.7 Å². The molecule has 2 aliphatic rings. The summed E-state index contributed by atoms with van der Waals surface area (Å²) in [4.78, 5) is 0. The molecule has 2 fully saturated rings. The molecule has 1 nitrogen and oxygen atoms in total. The fourth-order valence-corrected chi connectivity index (χ4v) is 6.39. The van der Waals surface area contributed by atoms with E-state index < -0.39 is 47.6 Å². The van der Waals surface area contributed by atoms with Gasteiger partial charge in [-0.05, 0) is 92.0 Å². The second kappa shape index (κ2) is 13.6. The quantitative estimate of drug-likeness (QED) is 0.199. The maximum atomic E-state index is 14.9. The Bertz CT molecular complexity index is 1140. The summed E-state index contributed by atoms with van der Waals surface area (Å²) < 4.78 is 100. The van der Waals surface area contributed by atoms with Crippen LogP contribution >= 0.6 is 0 Å². The van der Waals surface area contributed by atoms with Crippen LogP contribution in [0.15, 0.2) is 54.4 Å². The fourth-order valence-electron chi connectivity index (χ4n) is 6.39. The van der Waals surface area contributed by atoms with Crippen molar-refractivity contribution in [2.24, 2.45) is 17.8 Å². The Morgan fingerprint density at radius 1 is 0.829 bits per heavy atom. The zero-order valence-corrected chi connectivity index (χ0v) is 23.5. The molecule has 0 saturated heterocycles. The molecule has 2 aromatic carbocycles. The lowest BCUT2D eigenvalue weighted by Crippen LogP contribution is -2.37. The van der Waals surface area contributed by atoms with Crippen molar-refractivity contribution in [2.45, 2.75) is 102 Å². The molecule has 0 aromatic heterocycles. The van der Waals surface area contributed by atoms with Gasteiger partial charge in [-0.25, -0.2) is 8.78 Å². The monoisotopic (exact) mass is 584 g/mol. The summed E-state index contributed by atoms with van der Waals surface area (Å²) in [6, 6.07) is 11.8. The van der Waals surface area contributed by atoms with Crippen LogP contribution in [0.5, 0.6) is 5.75 Å². The Morgan fingerprint density at radius 2 is 1.46 bits per heavy atom. The summed E-state index contributed by atoms with van der Waals surface area (Å²) in [5, 5.41) is 0. The van der Waals surface area contributed by atoms with E-state index in [4.69, 9.17) is 4.74 Å². The maximum Gasteiger partial charge on any atom is 0.412 e. The van der Waals surface area contributed by atoms with Crippen molar-refractivity contribution in [3.05, 3.63) is 65.7 Å². The van der Waals surface area contributed by atoms with Gasteiger partial charge in [0.05, 0.1) is 12.0 Å². The zero-order valence-electron chi connectivity index (χ0n) is 23.5. The van der Waals surface area contributed by atoms with Crippen LogP contribution < -0.4 is 4.74 Å². The summed E-state index contributed by atoms with van der Waals surface area (Å²) in [5.41, 5.74) is 2.58. The highest BCUT2D eigenvalue weighted by atomic mass is 19.4. The maximum absolute atomic E-state index is 14.9. The first-order chi connectivity index (χ1) is 19.4. The first kappa shape index (κ1) is 31.4. The van der Waals surface area contributed by atoms with E-state index in [1.165, 1.54) is 69.1 Å². The smallest absolute Gasteiger partial charge is 0.412 e. The van der Waals surface area contributed by atoms with E-state index in [2.05, 4.69) is 19.1 Å². The number of halogens is 7. The highest BCUT2D eigenvalue weighted by Crippen LogP contribution is 2.43. The number of hydrogen-bond acceptors (Lipinski definition) is 1. The van der Waals surface area contributed by atoms with Gasteiger partial charge >= 0.3 is 12.3 Å². The van der Waals surface area contributed by atoms with Crippen molar-refractivity contribution in [1.82, 2.24) is 0 Å². The Labute approximate surface area is 238 Å². The van der Waals surface area contributed by atoms with Crippen molar-refractivity contribution in [1.29, 1.82) is 0 Å². The molecule has 41 heavy (non-hydrogen) atoms. The lowest BCUT2D eigenvalue weighted by atomic mass is 9.77. The van der Waals surface area contributed by atoms with E-state index in [0.717, 1.165) is 17.5 Å². The van der Waals surface area contributed by atoms with Gasteiger partial charge in [0.25, 0.3) is 0 Å². The van der Waals surface area contributed by atoms with Gasteiger partial charge in [-0.1, -0.05) is 62.9 Å². The summed E-state index contributed by atoms with van der Waals surface area (Å²) in [5.74, 6) is -3.94. The molecular formula is C33H39F7O. The highest BCUT2D eigenvalue weighted by Gasteiger charge is 2.45. The number of allylic oxidation sites excluding steroid dienone is 2. The number of unbranched alkanes of at least 4 members (excludes halogenated alkanes) is 2. The Hall–Kier alpha value is -2.51. The van der Waals surface area contributed by atoms with E-state index in [1.54, 1.807) is 0 Å². The highest BCUT2D eigenvalue weighted by molar-refractivity contribution is 5.64. The van der Waals surface area contributed by atoms with Gasteiger partial charge in [0.1, 0.15) is 5.83 Å². The average molecular weight is 585 g/mol. The normalized spacial score (nSPS) is 24.3.